The van der Waals surface area contributed by atoms with E-state index in [1.54, 1.807) is 0 Å². The molecule has 0 aromatic carbocycles. The zero-order valence-corrected chi connectivity index (χ0v) is 21.6. The lowest BCUT2D eigenvalue weighted by atomic mass is 9.67. The van der Waals surface area contributed by atoms with Gasteiger partial charge in [0.25, 0.3) is 0 Å². The molecule has 9 nitrogen and oxygen atoms in total. The van der Waals surface area contributed by atoms with Gasteiger partial charge in [-0.25, -0.2) is 9.97 Å². The first-order chi connectivity index (χ1) is 18.8. The minimum absolute atomic E-state index is 0.423. The van der Waals surface area contributed by atoms with Crippen LogP contribution in [0, 0.1) is 0 Å². The number of aromatic nitrogens is 3. The van der Waals surface area contributed by atoms with Crippen molar-refractivity contribution in [3.8, 4) is 11.8 Å². The topological polar surface area (TPSA) is 94.1 Å². The van der Waals surface area contributed by atoms with Crippen LogP contribution in [0.2, 0.25) is 0 Å². The van der Waals surface area contributed by atoms with E-state index in [4.69, 9.17) is 28.4 Å². The molecule has 202 valence electrons. The summed E-state index contributed by atoms with van der Waals surface area (Å²) < 4.78 is 34.1. The minimum atomic E-state index is 0.423. The van der Waals surface area contributed by atoms with Crippen LogP contribution in [0.5, 0.6) is 11.8 Å². The largest absolute Gasteiger partial charge is 0.475 e. The summed E-state index contributed by atoms with van der Waals surface area (Å²) in [6, 6.07) is 13.9. The number of ether oxygens (including phenoxy) is 6. The summed E-state index contributed by atoms with van der Waals surface area (Å²) in [6.07, 6.45) is 6.14. The van der Waals surface area contributed by atoms with Gasteiger partial charge in [-0.2, -0.15) is 0 Å². The van der Waals surface area contributed by atoms with E-state index in [2.05, 4.69) is 27.1 Å². The molecule has 3 aromatic rings. The summed E-state index contributed by atoms with van der Waals surface area (Å²) in [4.78, 5) is 13.6. The van der Waals surface area contributed by atoms with Gasteiger partial charge < -0.3 is 28.4 Å². The molecule has 0 N–H and O–H groups in total. The van der Waals surface area contributed by atoms with E-state index in [1.165, 1.54) is 11.1 Å². The maximum absolute atomic E-state index is 5.74. The Morgan fingerprint density at radius 2 is 1.00 bits per heavy atom. The highest BCUT2D eigenvalue weighted by Crippen LogP contribution is 2.48. The molecule has 3 aromatic heterocycles. The average Bonchev–Trinajstić information content (AvgIpc) is 2.92. The van der Waals surface area contributed by atoms with Crippen molar-refractivity contribution < 1.29 is 28.4 Å². The molecular weight excluding hydrogens is 486 g/mol. The standard InChI is InChI=1S/C29H35N3O6/c1-2-24-20-35-12-10-33-14-16-37-28-8-4-22(18-30-28)26-6-7-27(26)23-5-9-29(31-19-23)38-17-15-34-11-13-36-21-25(3-1)32-24/h1-5,8-9,18-19,26-27H,6-7,10-17,20-21H2. The second-order valence-electron chi connectivity index (χ2n) is 9.30. The zero-order valence-electron chi connectivity index (χ0n) is 21.6. The van der Waals surface area contributed by atoms with Crippen molar-refractivity contribution >= 4 is 0 Å². The molecule has 2 atom stereocenters. The Labute approximate surface area is 223 Å². The summed E-state index contributed by atoms with van der Waals surface area (Å²) in [5.41, 5.74) is 4.17. The van der Waals surface area contributed by atoms with Gasteiger partial charge in [-0.15, -0.1) is 0 Å². The number of rotatable bonds is 0. The van der Waals surface area contributed by atoms with Crippen molar-refractivity contribution in [1.29, 1.82) is 0 Å². The van der Waals surface area contributed by atoms with E-state index in [1.807, 2.05) is 42.7 Å². The predicted octanol–water partition coefficient (Wildman–Crippen LogP) is 4.07. The minimum Gasteiger partial charge on any atom is -0.475 e. The van der Waals surface area contributed by atoms with E-state index in [0.717, 1.165) is 24.2 Å². The van der Waals surface area contributed by atoms with Crippen LogP contribution in [0.4, 0.5) is 0 Å². The van der Waals surface area contributed by atoms with Gasteiger partial charge in [0.2, 0.25) is 11.8 Å². The molecule has 1 fully saturated rings. The summed E-state index contributed by atoms with van der Waals surface area (Å²) in [5.74, 6) is 2.10. The third-order valence-electron chi connectivity index (χ3n) is 6.71. The lowest BCUT2D eigenvalue weighted by molar-refractivity contribution is 0.0266. The highest BCUT2D eigenvalue weighted by atomic mass is 16.6. The Hall–Kier alpha value is -3.11. The normalized spacial score (nSPS) is 22.0. The summed E-state index contributed by atoms with van der Waals surface area (Å²) in [6.45, 7) is 4.61. The summed E-state index contributed by atoms with van der Waals surface area (Å²) >= 11 is 0. The van der Waals surface area contributed by atoms with Gasteiger partial charge in [-0.05, 0) is 47.9 Å². The van der Waals surface area contributed by atoms with E-state index >= 15 is 0 Å². The molecule has 0 radical (unpaired) electrons. The Balaban J connectivity index is 1.16. The Kier molecular flexibility index (Phi) is 9.87. The van der Waals surface area contributed by atoms with Crippen LogP contribution in [-0.2, 0) is 32.2 Å². The molecule has 4 aliphatic rings. The van der Waals surface area contributed by atoms with Crippen LogP contribution >= 0.6 is 0 Å². The molecule has 0 amide bonds. The van der Waals surface area contributed by atoms with Crippen molar-refractivity contribution in [2.24, 2.45) is 0 Å². The van der Waals surface area contributed by atoms with Crippen molar-refractivity contribution in [1.82, 2.24) is 15.0 Å². The molecular formula is C29H35N3O6. The van der Waals surface area contributed by atoms with Gasteiger partial charge in [0.1, 0.15) is 13.2 Å². The summed E-state index contributed by atoms with van der Waals surface area (Å²) in [7, 11) is 0. The lowest BCUT2D eigenvalue weighted by Crippen LogP contribution is -2.22. The Bertz CT molecular complexity index is 1030. The zero-order chi connectivity index (χ0) is 25.8. The van der Waals surface area contributed by atoms with Crippen LogP contribution < -0.4 is 9.47 Å². The number of fused-ring (bicyclic) bond motifs is 2. The highest BCUT2D eigenvalue weighted by molar-refractivity contribution is 5.32. The smallest absolute Gasteiger partial charge is 0.213 e. The molecule has 3 aliphatic heterocycles. The van der Waals surface area contributed by atoms with Crippen LogP contribution in [0.25, 0.3) is 0 Å². The Morgan fingerprint density at radius 1 is 0.526 bits per heavy atom. The lowest BCUT2D eigenvalue weighted by Gasteiger charge is -2.37. The maximum atomic E-state index is 5.74. The number of nitrogens with zero attached hydrogens (tertiary/aromatic N) is 3. The first-order valence-electron chi connectivity index (χ1n) is 13.3. The number of hydrogen-bond donors (Lipinski definition) is 0. The van der Waals surface area contributed by atoms with E-state index in [-0.39, 0.29) is 0 Å². The van der Waals surface area contributed by atoms with Crippen molar-refractivity contribution in [2.45, 2.75) is 37.9 Å². The molecule has 1 aliphatic carbocycles. The SMILES string of the molecule is c1cc2nc(c1)COCCOCCOc1ccc(cn1)C1CCC1c1ccc(nc1)OCCOCCOC2. The monoisotopic (exact) mass is 521 g/mol. The molecule has 6 bridgehead atoms. The maximum Gasteiger partial charge on any atom is 0.213 e. The molecule has 9 heteroatoms. The number of pyridine rings is 3. The van der Waals surface area contributed by atoms with Crippen LogP contribution in [0.3, 0.4) is 0 Å². The van der Waals surface area contributed by atoms with E-state index in [0.29, 0.717) is 89.7 Å². The second-order valence-corrected chi connectivity index (χ2v) is 9.30. The fourth-order valence-corrected chi connectivity index (χ4v) is 4.58. The molecule has 0 saturated heterocycles. The van der Waals surface area contributed by atoms with E-state index in [9.17, 15) is 0 Å². The van der Waals surface area contributed by atoms with Gasteiger partial charge in [-0.3, -0.25) is 4.98 Å². The molecule has 0 spiro atoms. The van der Waals surface area contributed by atoms with Crippen molar-refractivity contribution in [2.75, 3.05) is 52.9 Å². The highest BCUT2D eigenvalue weighted by Gasteiger charge is 2.33. The van der Waals surface area contributed by atoms with Crippen LogP contribution in [0.15, 0.2) is 54.9 Å². The Morgan fingerprint density at radius 3 is 1.45 bits per heavy atom. The third kappa shape index (κ3) is 7.70. The fraction of sp³-hybridized carbons (Fsp3) is 0.483. The van der Waals surface area contributed by atoms with Gasteiger partial charge in [0.05, 0.1) is 64.2 Å². The molecule has 7 rings (SSSR count). The fourth-order valence-electron chi connectivity index (χ4n) is 4.58. The van der Waals surface area contributed by atoms with Gasteiger partial charge in [0.15, 0.2) is 0 Å². The molecule has 1 saturated carbocycles. The molecule has 2 unspecified atom stereocenters. The molecule has 38 heavy (non-hydrogen) atoms. The van der Waals surface area contributed by atoms with Gasteiger partial charge in [-0.1, -0.05) is 18.2 Å². The first-order valence-corrected chi connectivity index (χ1v) is 13.3. The molecule has 6 heterocycles. The summed E-state index contributed by atoms with van der Waals surface area (Å²) in [5, 5.41) is 0. The van der Waals surface area contributed by atoms with E-state index < -0.39 is 0 Å². The van der Waals surface area contributed by atoms with Crippen molar-refractivity contribution in [3.05, 3.63) is 77.4 Å². The van der Waals surface area contributed by atoms with Crippen LogP contribution in [0.1, 0.15) is 47.2 Å². The van der Waals surface area contributed by atoms with Crippen molar-refractivity contribution in [3.63, 3.8) is 0 Å². The quantitative estimate of drug-likeness (QED) is 0.434. The predicted molar refractivity (Wildman–Crippen MR) is 139 cm³/mol. The first kappa shape index (κ1) is 26.5. The van der Waals surface area contributed by atoms with Gasteiger partial charge >= 0.3 is 0 Å². The number of hydrogen-bond acceptors (Lipinski definition) is 9. The third-order valence-corrected chi connectivity index (χ3v) is 6.71. The van der Waals surface area contributed by atoms with Gasteiger partial charge in [0, 0.05) is 24.5 Å². The van der Waals surface area contributed by atoms with Crippen LogP contribution in [-0.4, -0.2) is 67.8 Å². The second kappa shape index (κ2) is 14.2. The average molecular weight is 522 g/mol.